The fourth-order valence-corrected chi connectivity index (χ4v) is 3.73. The van der Waals surface area contributed by atoms with E-state index >= 15 is 0 Å². The van der Waals surface area contributed by atoms with E-state index < -0.39 is 11.7 Å². The van der Waals surface area contributed by atoms with Crippen molar-refractivity contribution < 1.29 is 13.2 Å². The second-order valence-electron chi connectivity index (χ2n) is 6.71. The summed E-state index contributed by atoms with van der Waals surface area (Å²) in [7, 11) is 0. The third kappa shape index (κ3) is 3.15. The Balaban J connectivity index is 2.03. The van der Waals surface area contributed by atoms with Gasteiger partial charge in [0.25, 0.3) is 0 Å². The van der Waals surface area contributed by atoms with Crippen LogP contribution in [0.4, 0.5) is 13.2 Å². The average molecular weight is 318 g/mol. The molecule has 0 saturated heterocycles. The molecule has 1 fully saturated rings. The summed E-state index contributed by atoms with van der Waals surface area (Å²) in [6.45, 7) is 2.25. The summed E-state index contributed by atoms with van der Waals surface area (Å²) in [6, 6.07) is 16.0. The number of alkyl halides is 3. The summed E-state index contributed by atoms with van der Waals surface area (Å²) in [5.41, 5.74) is 1.49. The molecule has 3 heteroatoms. The minimum Gasteiger partial charge on any atom is -0.166 e. The summed E-state index contributed by atoms with van der Waals surface area (Å²) in [5.74, 6) is 0.682. The van der Waals surface area contributed by atoms with Gasteiger partial charge in [-0.15, -0.1) is 0 Å². The van der Waals surface area contributed by atoms with Crippen LogP contribution in [-0.4, -0.2) is 0 Å². The smallest absolute Gasteiger partial charge is 0.166 e. The number of benzene rings is 2. The molecule has 0 heterocycles. The van der Waals surface area contributed by atoms with Crippen molar-refractivity contribution in [2.45, 2.75) is 44.2 Å². The van der Waals surface area contributed by atoms with Crippen LogP contribution in [-0.2, 0) is 11.6 Å². The highest BCUT2D eigenvalue weighted by atomic mass is 19.4. The zero-order valence-electron chi connectivity index (χ0n) is 13.2. The second kappa shape index (κ2) is 6.03. The van der Waals surface area contributed by atoms with Gasteiger partial charge in [0.1, 0.15) is 0 Å². The van der Waals surface area contributed by atoms with Gasteiger partial charge in [0.15, 0.2) is 0 Å². The molecular weight excluding hydrogens is 297 g/mol. The molecule has 0 aliphatic heterocycles. The van der Waals surface area contributed by atoms with Crippen molar-refractivity contribution >= 4 is 0 Å². The molecule has 122 valence electrons. The molecule has 0 unspecified atom stereocenters. The summed E-state index contributed by atoms with van der Waals surface area (Å²) in [4.78, 5) is 0. The van der Waals surface area contributed by atoms with Gasteiger partial charge in [-0.3, -0.25) is 0 Å². The predicted molar refractivity (Wildman–Crippen MR) is 86.3 cm³/mol. The molecule has 1 saturated carbocycles. The molecule has 0 atom stereocenters. The average Bonchev–Trinajstić information content (AvgIpc) is 2.56. The van der Waals surface area contributed by atoms with E-state index in [0.717, 1.165) is 31.2 Å². The maximum absolute atomic E-state index is 12.8. The number of rotatable bonds is 2. The van der Waals surface area contributed by atoms with Crippen LogP contribution in [0.2, 0.25) is 0 Å². The van der Waals surface area contributed by atoms with Crippen LogP contribution >= 0.6 is 0 Å². The minimum absolute atomic E-state index is 0.155. The van der Waals surface area contributed by atoms with Crippen LogP contribution < -0.4 is 0 Å². The Morgan fingerprint density at radius 3 is 1.87 bits per heavy atom. The lowest BCUT2D eigenvalue weighted by Crippen LogP contribution is -2.32. The van der Waals surface area contributed by atoms with Crippen molar-refractivity contribution in [2.75, 3.05) is 0 Å². The van der Waals surface area contributed by atoms with E-state index in [1.54, 1.807) is 12.1 Å². The Kier molecular flexibility index (Phi) is 4.22. The lowest BCUT2D eigenvalue weighted by Gasteiger charge is -2.40. The lowest BCUT2D eigenvalue weighted by atomic mass is 9.63. The van der Waals surface area contributed by atoms with Crippen LogP contribution in [0.15, 0.2) is 54.6 Å². The molecule has 3 rings (SSSR count). The number of hydrogen-bond donors (Lipinski definition) is 0. The molecule has 2 aromatic carbocycles. The van der Waals surface area contributed by atoms with Crippen molar-refractivity contribution in [1.29, 1.82) is 0 Å². The second-order valence-corrected chi connectivity index (χ2v) is 6.71. The van der Waals surface area contributed by atoms with E-state index in [4.69, 9.17) is 0 Å². The molecule has 1 aliphatic rings. The van der Waals surface area contributed by atoms with Crippen molar-refractivity contribution in [3.63, 3.8) is 0 Å². The number of hydrogen-bond acceptors (Lipinski definition) is 0. The minimum atomic E-state index is -4.28. The van der Waals surface area contributed by atoms with Gasteiger partial charge in [0.05, 0.1) is 5.56 Å². The summed E-state index contributed by atoms with van der Waals surface area (Å²) in [6.07, 6.45) is -0.0849. The molecule has 0 bridgehead atoms. The van der Waals surface area contributed by atoms with Gasteiger partial charge in [0, 0.05) is 5.41 Å². The SMILES string of the molecule is CC1CCC(c2ccccc2)(c2ccc(C(F)(F)F)cc2)CC1. The van der Waals surface area contributed by atoms with Crippen LogP contribution in [0, 0.1) is 5.92 Å². The lowest BCUT2D eigenvalue weighted by molar-refractivity contribution is -0.137. The Hall–Kier alpha value is -1.77. The highest BCUT2D eigenvalue weighted by molar-refractivity contribution is 5.41. The first-order chi connectivity index (χ1) is 10.9. The van der Waals surface area contributed by atoms with Gasteiger partial charge in [-0.25, -0.2) is 0 Å². The maximum Gasteiger partial charge on any atom is 0.416 e. The quantitative estimate of drug-likeness (QED) is 0.618. The largest absolute Gasteiger partial charge is 0.416 e. The van der Waals surface area contributed by atoms with Crippen LogP contribution in [0.3, 0.4) is 0 Å². The molecule has 0 amide bonds. The highest BCUT2D eigenvalue weighted by Gasteiger charge is 2.38. The Morgan fingerprint density at radius 1 is 0.826 bits per heavy atom. The zero-order valence-corrected chi connectivity index (χ0v) is 13.2. The van der Waals surface area contributed by atoms with E-state index in [-0.39, 0.29) is 5.41 Å². The molecule has 2 aromatic rings. The van der Waals surface area contributed by atoms with Crippen molar-refractivity contribution in [3.05, 3.63) is 71.3 Å². The first-order valence-electron chi connectivity index (χ1n) is 8.15. The molecule has 23 heavy (non-hydrogen) atoms. The Labute approximate surface area is 135 Å². The molecule has 0 aromatic heterocycles. The van der Waals surface area contributed by atoms with Crippen molar-refractivity contribution in [3.8, 4) is 0 Å². The van der Waals surface area contributed by atoms with Crippen LogP contribution in [0.25, 0.3) is 0 Å². The summed E-state index contributed by atoms with van der Waals surface area (Å²) in [5, 5.41) is 0. The van der Waals surface area contributed by atoms with Crippen molar-refractivity contribution in [1.82, 2.24) is 0 Å². The molecule has 0 nitrogen and oxygen atoms in total. The van der Waals surface area contributed by atoms with Crippen LogP contribution in [0.1, 0.15) is 49.3 Å². The molecular formula is C20H21F3. The topological polar surface area (TPSA) is 0 Å². The normalized spacial score (nSPS) is 25.3. The van der Waals surface area contributed by atoms with E-state index in [1.165, 1.54) is 17.7 Å². The molecule has 0 spiro atoms. The molecule has 0 N–H and O–H groups in total. The van der Waals surface area contributed by atoms with Crippen LogP contribution in [0.5, 0.6) is 0 Å². The Bertz CT molecular complexity index is 633. The van der Waals surface area contributed by atoms with E-state index in [0.29, 0.717) is 5.92 Å². The van der Waals surface area contributed by atoms with Gasteiger partial charge in [-0.05, 0) is 54.9 Å². The van der Waals surface area contributed by atoms with E-state index in [1.807, 2.05) is 18.2 Å². The molecule has 0 radical (unpaired) electrons. The standard InChI is InChI=1S/C20H21F3/c1-15-11-13-19(14-12-15,16-5-3-2-4-6-16)17-7-9-18(10-8-17)20(21,22)23/h2-10,15H,11-14H2,1H3. The van der Waals surface area contributed by atoms with Gasteiger partial charge in [-0.2, -0.15) is 13.2 Å². The van der Waals surface area contributed by atoms with Gasteiger partial charge in [-0.1, -0.05) is 49.4 Å². The highest BCUT2D eigenvalue weighted by Crippen LogP contribution is 2.46. The molecule has 1 aliphatic carbocycles. The van der Waals surface area contributed by atoms with Gasteiger partial charge < -0.3 is 0 Å². The Morgan fingerprint density at radius 2 is 1.35 bits per heavy atom. The summed E-state index contributed by atoms with van der Waals surface area (Å²) >= 11 is 0. The fourth-order valence-electron chi connectivity index (χ4n) is 3.73. The van der Waals surface area contributed by atoms with Gasteiger partial charge in [0.2, 0.25) is 0 Å². The zero-order chi connectivity index (χ0) is 16.5. The third-order valence-electron chi connectivity index (χ3n) is 5.22. The predicted octanol–water partition coefficient (Wildman–Crippen LogP) is 6.20. The number of halogens is 3. The maximum atomic E-state index is 12.8. The summed E-state index contributed by atoms with van der Waals surface area (Å²) < 4.78 is 38.5. The first-order valence-corrected chi connectivity index (χ1v) is 8.15. The third-order valence-corrected chi connectivity index (χ3v) is 5.22. The fraction of sp³-hybridized carbons (Fsp3) is 0.400. The monoisotopic (exact) mass is 318 g/mol. The van der Waals surface area contributed by atoms with E-state index in [9.17, 15) is 13.2 Å². The van der Waals surface area contributed by atoms with E-state index in [2.05, 4.69) is 19.1 Å². The van der Waals surface area contributed by atoms with Gasteiger partial charge >= 0.3 is 6.18 Å². The first kappa shape index (κ1) is 16.1. The van der Waals surface area contributed by atoms with Crippen molar-refractivity contribution in [2.24, 2.45) is 5.92 Å².